The minimum absolute atomic E-state index is 0.263. The van der Waals surface area contributed by atoms with Crippen molar-refractivity contribution in [1.82, 2.24) is 9.78 Å². The van der Waals surface area contributed by atoms with Gasteiger partial charge in [0.2, 0.25) is 0 Å². The fraction of sp³-hybridized carbons (Fsp3) is 0.750. The molecule has 0 saturated carbocycles. The Morgan fingerprint density at radius 3 is 2.82 bits per heavy atom. The third-order valence-corrected chi connectivity index (χ3v) is 5.45. The number of nitrogens with zero attached hydrogens (tertiary/aromatic N) is 2. The van der Waals surface area contributed by atoms with E-state index in [2.05, 4.69) is 12.0 Å². The zero-order chi connectivity index (χ0) is 12.6. The first-order valence-electron chi connectivity index (χ1n) is 6.02. The number of aromatic nitrogens is 2. The summed E-state index contributed by atoms with van der Waals surface area (Å²) in [7, 11) is 1.90. The third kappa shape index (κ3) is 2.35. The third-order valence-electron chi connectivity index (χ3n) is 3.64. The number of halogens is 1. The molecule has 3 nitrogen and oxygen atoms in total. The highest BCUT2D eigenvalue weighted by atomic mass is 35.5. The standard InChI is InChI=1S/C12H19ClN2OS/c1-4-9-11(13)10(15(3)14-9)7-12(16)5-6-17-8(12)2/h8,16H,4-7H2,1-3H3. The molecule has 1 saturated heterocycles. The normalized spacial score (nSPS) is 28.9. The van der Waals surface area contributed by atoms with Gasteiger partial charge in [-0.3, -0.25) is 4.68 Å². The van der Waals surface area contributed by atoms with Crippen LogP contribution in [-0.4, -0.2) is 31.5 Å². The van der Waals surface area contributed by atoms with Crippen molar-refractivity contribution >= 4 is 23.4 Å². The van der Waals surface area contributed by atoms with Gasteiger partial charge in [0, 0.05) is 18.7 Å². The molecule has 2 rings (SSSR count). The lowest BCUT2D eigenvalue weighted by Gasteiger charge is -2.26. The van der Waals surface area contributed by atoms with E-state index < -0.39 is 5.60 Å². The van der Waals surface area contributed by atoms with Crippen molar-refractivity contribution < 1.29 is 5.11 Å². The van der Waals surface area contributed by atoms with E-state index in [-0.39, 0.29) is 5.25 Å². The fourth-order valence-corrected chi connectivity index (χ4v) is 4.00. The first-order chi connectivity index (χ1) is 7.98. The van der Waals surface area contributed by atoms with Crippen LogP contribution in [0.1, 0.15) is 31.7 Å². The molecule has 2 atom stereocenters. The Morgan fingerprint density at radius 1 is 1.65 bits per heavy atom. The quantitative estimate of drug-likeness (QED) is 0.920. The Kier molecular flexibility index (Phi) is 3.76. The molecule has 96 valence electrons. The molecule has 2 unspecified atom stereocenters. The molecule has 1 aromatic rings. The highest BCUT2D eigenvalue weighted by Crippen LogP contribution is 2.39. The molecule has 17 heavy (non-hydrogen) atoms. The zero-order valence-electron chi connectivity index (χ0n) is 10.5. The van der Waals surface area contributed by atoms with Crippen molar-refractivity contribution in [3.05, 3.63) is 16.4 Å². The molecule has 2 heterocycles. The Labute approximate surface area is 112 Å². The summed E-state index contributed by atoms with van der Waals surface area (Å²) in [6.45, 7) is 4.13. The molecule has 0 spiro atoms. The molecule has 0 bridgehead atoms. The molecule has 0 amide bonds. The van der Waals surface area contributed by atoms with Crippen molar-refractivity contribution in [2.24, 2.45) is 7.05 Å². The van der Waals surface area contributed by atoms with E-state index in [1.165, 1.54) is 0 Å². The zero-order valence-corrected chi connectivity index (χ0v) is 12.1. The lowest BCUT2D eigenvalue weighted by atomic mass is 9.91. The van der Waals surface area contributed by atoms with E-state index in [0.717, 1.165) is 35.0 Å². The molecule has 1 aromatic heterocycles. The summed E-state index contributed by atoms with van der Waals surface area (Å²) in [4.78, 5) is 0. The number of aliphatic hydroxyl groups is 1. The van der Waals surface area contributed by atoms with Gasteiger partial charge in [-0.15, -0.1) is 0 Å². The van der Waals surface area contributed by atoms with Gasteiger partial charge in [-0.05, 0) is 18.6 Å². The Hall–Kier alpha value is -0.190. The highest BCUT2D eigenvalue weighted by Gasteiger charge is 2.40. The molecule has 5 heteroatoms. The number of rotatable bonds is 3. The van der Waals surface area contributed by atoms with Crippen molar-refractivity contribution in [2.75, 3.05) is 5.75 Å². The Bertz CT molecular complexity index is 421. The number of hydrogen-bond donors (Lipinski definition) is 1. The minimum Gasteiger partial charge on any atom is -0.388 e. The van der Waals surface area contributed by atoms with Crippen LogP contribution in [0, 0.1) is 0 Å². The van der Waals surface area contributed by atoms with Gasteiger partial charge >= 0.3 is 0 Å². The predicted molar refractivity (Wildman–Crippen MR) is 72.8 cm³/mol. The van der Waals surface area contributed by atoms with E-state index in [9.17, 15) is 5.11 Å². The maximum absolute atomic E-state index is 10.6. The lowest BCUT2D eigenvalue weighted by Crippen LogP contribution is -2.37. The maximum atomic E-state index is 10.6. The van der Waals surface area contributed by atoms with Crippen LogP contribution in [0.4, 0.5) is 0 Å². The second kappa shape index (κ2) is 4.82. The summed E-state index contributed by atoms with van der Waals surface area (Å²) >= 11 is 8.14. The largest absolute Gasteiger partial charge is 0.388 e. The Balaban J connectivity index is 2.27. The lowest BCUT2D eigenvalue weighted by molar-refractivity contribution is 0.0446. The van der Waals surface area contributed by atoms with Gasteiger partial charge in [0.1, 0.15) is 0 Å². The highest BCUT2D eigenvalue weighted by molar-refractivity contribution is 8.00. The number of thioether (sulfide) groups is 1. The number of aryl methyl sites for hydroxylation is 2. The molecule has 1 aliphatic rings. The second-order valence-electron chi connectivity index (χ2n) is 4.73. The van der Waals surface area contributed by atoms with Crippen LogP contribution in [0.5, 0.6) is 0 Å². The average molecular weight is 275 g/mol. The fourth-order valence-electron chi connectivity index (χ4n) is 2.30. The van der Waals surface area contributed by atoms with Gasteiger partial charge < -0.3 is 5.11 Å². The van der Waals surface area contributed by atoms with Gasteiger partial charge in [0.05, 0.1) is 22.0 Å². The van der Waals surface area contributed by atoms with Crippen molar-refractivity contribution in [3.8, 4) is 0 Å². The van der Waals surface area contributed by atoms with Crippen LogP contribution >= 0.6 is 23.4 Å². The van der Waals surface area contributed by atoms with Crippen molar-refractivity contribution in [2.45, 2.75) is 44.0 Å². The maximum Gasteiger partial charge on any atom is 0.0850 e. The first-order valence-corrected chi connectivity index (χ1v) is 7.45. The summed E-state index contributed by atoms with van der Waals surface area (Å²) in [5.74, 6) is 1.02. The van der Waals surface area contributed by atoms with E-state index >= 15 is 0 Å². The van der Waals surface area contributed by atoms with E-state index in [1.807, 2.05) is 30.4 Å². The molecule has 0 aromatic carbocycles. The molecule has 0 radical (unpaired) electrons. The first kappa shape index (κ1) is 13.2. The van der Waals surface area contributed by atoms with Gasteiger partial charge in [0.15, 0.2) is 0 Å². The van der Waals surface area contributed by atoms with Gasteiger partial charge in [-0.25, -0.2) is 0 Å². The van der Waals surface area contributed by atoms with Crippen LogP contribution in [0.3, 0.4) is 0 Å². The number of hydrogen-bond acceptors (Lipinski definition) is 3. The summed E-state index contributed by atoms with van der Waals surface area (Å²) in [6, 6.07) is 0. The van der Waals surface area contributed by atoms with Crippen molar-refractivity contribution in [3.63, 3.8) is 0 Å². The van der Waals surface area contributed by atoms with Crippen LogP contribution in [0.15, 0.2) is 0 Å². The molecule has 0 aliphatic carbocycles. The van der Waals surface area contributed by atoms with Crippen LogP contribution in [0.2, 0.25) is 5.02 Å². The second-order valence-corrected chi connectivity index (χ2v) is 6.55. The summed E-state index contributed by atoms with van der Waals surface area (Å²) in [5.41, 5.74) is 1.25. The Morgan fingerprint density at radius 2 is 2.35 bits per heavy atom. The summed E-state index contributed by atoms with van der Waals surface area (Å²) in [5, 5.41) is 16.0. The van der Waals surface area contributed by atoms with Crippen LogP contribution in [0.25, 0.3) is 0 Å². The van der Waals surface area contributed by atoms with Crippen LogP contribution in [-0.2, 0) is 19.9 Å². The SMILES string of the molecule is CCc1nn(C)c(CC2(O)CCSC2C)c1Cl. The predicted octanol–water partition coefficient (Wildman–Crippen LogP) is 2.43. The smallest absolute Gasteiger partial charge is 0.0850 e. The average Bonchev–Trinajstić information content (AvgIpc) is 2.74. The van der Waals surface area contributed by atoms with Crippen LogP contribution < -0.4 is 0 Å². The van der Waals surface area contributed by atoms with Crippen molar-refractivity contribution in [1.29, 1.82) is 0 Å². The van der Waals surface area contributed by atoms with Gasteiger partial charge in [-0.2, -0.15) is 16.9 Å². The molecular formula is C12H19ClN2OS. The summed E-state index contributed by atoms with van der Waals surface area (Å²) < 4.78 is 1.81. The van der Waals surface area contributed by atoms with E-state index in [1.54, 1.807) is 0 Å². The molecule has 1 N–H and O–H groups in total. The van der Waals surface area contributed by atoms with Gasteiger partial charge in [-0.1, -0.05) is 25.4 Å². The summed E-state index contributed by atoms with van der Waals surface area (Å²) in [6.07, 6.45) is 2.26. The van der Waals surface area contributed by atoms with E-state index in [0.29, 0.717) is 6.42 Å². The topological polar surface area (TPSA) is 38.0 Å². The van der Waals surface area contributed by atoms with E-state index in [4.69, 9.17) is 11.6 Å². The molecule has 1 fully saturated rings. The monoisotopic (exact) mass is 274 g/mol. The molecular weight excluding hydrogens is 256 g/mol. The minimum atomic E-state index is -0.632. The molecule has 1 aliphatic heterocycles. The van der Waals surface area contributed by atoms with Gasteiger partial charge in [0.25, 0.3) is 0 Å².